The Bertz CT molecular complexity index is 1330. The molecule has 0 radical (unpaired) electrons. The van der Waals surface area contributed by atoms with Crippen molar-refractivity contribution in [2.75, 3.05) is 26.2 Å². The zero-order valence-corrected chi connectivity index (χ0v) is 24.6. The summed E-state index contributed by atoms with van der Waals surface area (Å²) in [5.74, 6) is 0.0241. The highest BCUT2D eigenvalue weighted by molar-refractivity contribution is 5.83. The molecule has 3 aromatic rings. The summed E-state index contributed by atoms with van der Waals surface area (Å²) in [7, 11) is 0. The van der Waals surface area contributed by atoms with Crippen LogP contribution in [0.2, 0.25) is 0 Å². The molecule has 3 aromatic carbocycles. The topological polar surface area (TPSA) is 135 Å². The summed E-state index contributed by atoms with van der Waals surface area (Å²) in [6, 6.07) is 28.2. The molecule has 3 atom stereocenters. The van der Waals surface area contributed by atoms with E-state index >= 15 is 0 Å². The van der Waals surface area contributed by atoms with Crippen LogP contribution in [0.4, 0.5) is 0 Å². The number of carbonyl (C=O) groups excluding carboxylic acids is 2. The Morgan fingerprint density at radius 2 is 1.60 bits per heavy atom. The maximum absolute atomic E-state index is 14.0. The highest BCUT2D eigenvalue weighted by Gasteiger charge is 2.33. The van der Waals surface area contributed by atoms with Crippen LogP contribution >= 0.6 is 0 Å². The number of rotatable bonds is 11. The Labute approximate surface area is 254 Å². The number of nitrogens with one attached hydrogen (secondary N) is 5. The van der Waals surface area contributed by atoms with Gasteiger partial charge in [0, 0.05) is 44.7 Å². The van der Waals surface area contributed by atoms with Gasteiger partial charge in [-0.25, -0.2) is 0 Å². The van der Waals surface area contributed by atoms with Gasteiger partial charge in [-0.15, -0.1) is 0 Å². The lowest BCUT2D eigenvalue weighted by Crippen LogP contribution is -2.52. The number of benzene rings is 3. The SMILES string of the molecule is N=C(N)NCCCC1NC(CNC(=O)C2Cc3ccccc3CN2)CCN(CC(c2ccccc2)c2ccccc2)C1=O. The van der Waals surface area contributed by atoms with E-state index in [0.29, 0.717) is 52.0 Å². The molecule has 226 valence electrons. The molecule has 0 aliphatic carbocycles. The van der Waals surface area contributed by atoms with E-state index in [4.69, 9.17) is 11.1 Å². The fourth-order valence-electron chi connectivity index (χ4n) is 6.14. The van der Waals surface area contributed by atoms with E-state index in [1.54, 1.807) is 0 Å². The van der Waals surface area contributed by atoms with Crippen LogP contribution in [0.5, 0.6) is 0 Å². The molecule has 2 aliphatic rings. The van der Waals surface area contributed by atoms with Crippen LogP contribution < -0.4 is 27.0 Å². The van der Waals surface area contributed by atoms with Crippen molar-refractivity contribution in [3.63, 3.8) is 0 Å². The largest absolute Gasteiger partial charge is 0.370 e. The molecule has 0 spiro atoms. The van der Waals surface area contributed by atoms with E-state index in [1.165, 1.54) is 22.3 Å². The standard InChI is InChI=1S/C34H43N7O2/c35-34(36)37-18-9-16-30-33(43)41(23-29(24-10-3-1-4-11-24)25-12-5-2-6-13-25)19-17-28(40-30)22-39-32(42)31-20-26-14-7-8-15-27(26)21-38-31/h1-8,10-15,28-31,38,40H,9,16-23H2,(H,39,42)(H4,35,36,37). The second-order valence-electron chi connectivity index (χ2n) is 11.5. The number of fused-ring (bicyclic) bond motifs is 1. The Kier molecular flexibility index (Phi) is 10.4. The minimum absolute atomic E-state index is 0.0147. The number of nitrogens with zero attached hydrogens (tertiary/aromatic N) is 1. The molecule has 2 amide bonds. The van der Waals surface area contributed by atoms with Crippen molar-refractivity contribution in [2.45, 2.75) is 56.3 Å². The first kappa shape index (κ1) is 30.3. The Morgan fingerprint density at radius 3 is 2.28 bits per heavy atom. The molecular weight excluding hydrogens is 538 g/mol. The lowest BCUT2D eigenvalue weighted by molar-refractivity contribution is -0.133. The highest BCUT2D eigenvalue weighted by atomic mass is 16.2. The van der Waals surface area contributed by atoms with Gasteiger partial charge in [0.05, 0.1) is 12.1 Å². The third-order valence-corrected chi connectivity index (χ3v) is 8.51. The van der Waals surface area contributed by atoms with E-state index < -0.39 is 6.04 Å². The van der Waals surface area contributed by atoms with Crippen molar-refractivity contribution in [2.24, 2.45) is 5.73 Å². The summed E-state index contributed by atoms with van der Waals surface area (Å²) < 4.78 is 0. The summed E-state index contributed by atoms with van der Waals surface area (Å²) >= 11 is 0. The van der Waals surface area contributed by atoms with Gasteiger partial charge < -0.3 is 31.9 Å². The summed E-state index contributed by atoms with van der Waals surface area (Å²) in [6.07, 6.45) is 2.68. The molecule has 0 bridgehead atoms. The van der Waals surface area contributed by atoms with Crippen molar-refractivity contribution in [1.29, 1.82) is 5.41 Å². The number of hydrogen-bond donors (Lipinski definition) is 6. The van der Waals surface area contributed by atoms with Gasteiger partial charge in [0.25, 0.3) is 0 Å². The molecule has 43 heavy (non-hydrogen) atoms. The van der Waals surface area contributed by atoms with Gasteiger partial charge in [-0.05, 0) is 47.9 Å². The number of nitrogens with two attached hydrogens (primary N) is 1. The monoisotopic (exact) mass is 581 g/mol. The molecule has 2 aliphatic heterocycles. The van der Waals surface area contributed by atoms with E-state index in [-0.39, 0.29) is 35.8 Å². The van der Waals surface area contributed by atoms with Crippen LogP contribution in [0.3, 0.4) is 0 Å². The average Bonchev–Trinajstić information content (AvgIpc) is 3.19. The minimum Gasteiger partial charge on any atom is -0.370 e. The van der Waals surface area contributed by atoms with Gasteiger partial charge in [-0.1, -0.05) is 84.9 Å². The molecule has 2 heterocycles. The van der Waals surface area contributed by atoms with Crippen LogP contribution in [-0.4, -0.2) is 67.0 Å². The Hall–Kier alpha value is -4.21. The van der Waals surface area contributed by atoms with Crippen molar-refractivity contribution in [3.05, 3.63) is 107 Å². The van der Waals surface area contributed by atoms with Gasteiger partial charge in [0.1, 0.15) is 0 Å². The van der Waals surface area contributed by atoms with Crippen molar-refractivity contribution >= 4 is 17.8 Å². The van der Waals surface area contributed by atoms with E-state index in [2.05, 4.69) is 57.7 Å². The molecule has 7 N–H and O–H groups in total. The molecule has 1 fully saturated rings. The molecule has 3 unspecified atom stereocenters. The van der Waals surface area contributed by atoms with Crippen LogP contribution in [-0.2, 0) is 22.6 Å². The molecule has 9 heteroatoms. The second-order valence-corrected chi connectivity index (χ2v) is 11.5. The zero-order chi connectivity index (χ0) is 30.0. The van der Waals surface area contributed by atoms with Crippen LogP contribution in [0.25, 0.3) is 0 Å². The molecular formula is C34H43N7O2. The van der Waals surface area contributed by atoms with Gasteiger partial charge in [0.2, 0.25) is 11.8 Å². The Morgan fingerprint density at radius 1 is 0.953 bits per heavy atom. The number of hydrogen-bond acceptors (Lipinski definition) is 5. The second kappa shape index (κ2) is 14.8. The van der Waals surface area contributed by atoms with E-state index in [0.717, 1.165) is 6.42 Å². The molecule has 9 nitrogen and oxygen atoms in total. The first-order chi connectivity index (χ1) is 21.0. The normalized spacial score (nSPS) is 20.3. The van der Waals surface area contributed by atoms with Gasteiger partial charge >= 0.3 is 0 Å². The predicted molar refractivity (Wildman–Crippen MR) is 170 cm³/mol. The summed E-state index contributed by atoms with van der Waals surface area (Å²) in [4.78, 5) is 29.1. The van der Waals surface area contributed by atoms with E-state index in [1.807, 2.05) is 53.4 Å². The van der Waals surface area contributed by atoms with Gasteiger partial charge in [0.15, 0.2) is 5.96 Å². The smallest absolute Gasteiger partial charge is 0.239 e. The Balaban J connectivity index is 1.27. The first-order valence-electron chi connectivity index (χ1n) is 15.3. The maximum Gasteiger partial charge on any atom is 0.239 e. The number of guanidine groups is 1. The molecule has 5 rings (SSSR count). The summed E-state index contributed by atoms with van der Waals surface area (Å²) in [5, 5.41) is 20.4. The van der Waals surface area contributed by atoms with Crippen molar-refractivity contribution in [1.82, 2.24) is 26.2 Å². The summed E-state index contributed by atoms with van der Waals surface area (Å²) in [6.45, 7) is 2.82. The van der Waals surface area contributed by atoms with Crippen LogP contribution in [0.15, 0.2) is 84.9 Å². The minimum atomic E-state index is -0.398. The van der Waals surface area contributed by atoms with Crippen LogP contribution in [0, 0.1) is 5.41 Å². The average molecular weight is 582 g/mol. The third kappa shape index (κ3) is 8.21. The number of carbonyl (C=O) groups is 2. The lowest BCUT2D eigenvalue weighted by atomic mass is 9.90. The lowest BCUT2D eigenvalue weighted by Gasteiger charge is -2.29. The third-order valence-electron chi connectivity index (χ3n) is 8.51. The quantitative estimate of drug-likeness (QED) is 0.117. The fraction of sp³-hybridized carbons (Fsp3) is 0.382. The van der Waals surface area contributed by atoms with Gasteiger partial charge in [-0.3, -0.25) is 15.0 Å². The van der Waals surface area contributed by atoms with Crippen molar-refractivity contribution in [3.8, 4) is 0 Å². The van der Waals surface area contributed by atoms with Crippen LogP contribution in [0.1, 0.15) is 47.4 Å². The highest BCUT2D eigenvalue weighted by Crippen LogP contribution is 2.27. The maximum atomic E-state index is 14.0. The van der Waals surface area contributed by atoms with Gasteiger partial charge in [-0.2, -0.15) is 0 Å². The molecule has 0 aromatic heterocycles. The first-order valence-corrected chi connectivity index (χ1v) is 15.3. The predicted octanol–water partition coefficient (Wildman–Crippen LogP) is 2.47. The summed E-state index contributed by atoms with van der Waals surface area (Å²) in [5.41, 5.74) is 10.3. The molecule has 0 saturated carbocycles. The number of amides is 2. The van der Waals surface area contributed by atoms with Crippen molar-refractivity contribution < 1.29 is 9.59 Å². The fourth-order valence-corrected chi connectivity index (χ4v) is 6.14. The molecule has 1 saturated heterocycles. The zero-order valence-electron chi connectivity index (χ0n) is 24.6. The van der Waals surface area contributed by atoms with E-state index in [9.17, 15) is 9.59 Å².